The highest BCUT2D eigenvalue weighted by atomic mass is 32.2. The molecule has 0 radical (unpaired) electrons. The van der Waals surface area contributed by atoms with Gasteiger partial charge in [-0.15, -0.1) is 6.58 Å². The minimum atomic E-state index is -0.314. The summed E-state index contributed by atoms with van der Waals surface area (Å²) in [5.74, 6) is 0.229. The van der Waals surface area contributed by atoms with Gasteiger partial charge in [-0.3, -0.25) is 19.1 Å². The highest BCUT2D eigenvalue weighted by Gasteiger charge is 2.33. The molecule has 2 aliphatic heterocycles. The lowest BCUT2D eigenvalue weighted by Crippen LogP contribution is -2.48. The molecule has 198 valence electrons. The fourth-order valence-electron chi connectivity index (χ4n) is 4.75. The third-order valence-corrected chi connectivity index (χ3v) is 8.19. The molecule has 0 spiro atoms. The highest BCUT2D eigenvalue weighted by Crippen LogP contribution is 2.36. The topological polar surface area (TPSA) is 72.6 Å². The lowest BCUT2D eigenvalue weighted by Gasteiger charge is -2.39. The Hall–Kier alpha value is -3.42. The van der Waals surface area contributed by atoms with Crippen molar-refractivity contribution in [2.45, 2.75) is 33.2 Å². The summed E-state index contributed by atoms with van der Waals surface area (Å²) in [6.07, 6.45) is 5.07. The van der Waals surface area contributed by atoms with Gasteiger partial charge in [0, 0.05) is 50.5 Å². The second kappa shape index (κ2) is 12.0. The van der Waals surface area contributed by atoms with Crippen molar-refractivity contribution in [3.8, 4) is 6.07 Å². The Morgan fingerprint density at radius 2 is 1.82 bits per heavy atom. The largest absolute Gasteiger partial charge is 0.368 e. The maximum atomic E-state index is 13.5. The predicted molar refractivity (Wildman–Crippen MR) is 156 cm³/mol. The molecule has 4 rings (SSSR count). The standard InChI is InChI=1S/C28H30FN5O2S2/c1-4-6-12-33-25(32-15-13-31(14-16-32)21-9-7-20(29)8-10-21)22(19(3)23(18-30)26(33)35)17-24-27(36)34(11-5-2)28(37)38-24/h5,7-10,17H,2,4,6,11-16H2,1,3H3/b24-17-. The smallest absolute Gasteiger partial charge is 0.270 e. The van der Waals surface area contributed by atoms with E-state index >= 15 is 0 Å². The van der Waals surface area contributed by atoms with Crippen LogP contribution in [0.4, 0.5) is 15.9 Å². The lowest BCUT2D eigenvalue weighted by molar-refractivity contribution is -0.121. The number of carbonyl (C=O) groups excluding carboxylic acids is 1. The summed E-state index contributed by atoms with van der Waals surface area (Å²) in [7, 11) is 0. The molecule has 1 aromatic heterocycles. The molecule has 0 saturated carbocycles. The van der Waals surface area contributed by atoms with Gasteiger partial charge in [0.05, 0.1) is 4.91 Å². The Balaban J connectivity index is 1.79. The Morgan fingerprint density at radius 1 is 1.16 bits per heavy atom. The Kier molecular flexibility index (Phi) is 8.69. The van der Waals surface area contributed by atoms with Crippen molar-refractivity contribution in [3.05, 3.63) is 74.7 Å². The second-order valence-electron chi connectivity index (χ2n) is 9.19. The first-order chi connectivity index (χ1) is 18.3. The third-order valence-electron chi connectivity index (χ3n) is 6.81. The number of halogens is 1. The normalized spacial score (nSPS) is 16.9. The SMILES string of the molecule is C=CCN1C(=O)/C(=C/c2c(C)c(C#N)c(=O)n(CCCC)c2N2CCN(c3ccc(F)cc3)CC2)SC1=S. The van der Waals surface area contributed by atoms with Crippen molar-refractivity contribution < 1.29 is 9.18 Å². The molecule has 0 atom stereocenters. The number of rotatable bonds is 8. The zero-order chi connectivity index (χ0) is 27.4. The monoisotopic (exact) mass is 551 g/mol. The van der Waals surface area contributed by atoms with Crippen molar-refractivity contribution in [3.63, 3.8) is 0 Å². The van der Waals surface area contributed by atoms with Crippen LogP contribution in [0.2, 0.25) is 0 Å². The van der Waals surface area contributed by atoms with Gasteiger partial charge in [-0.1, -0.05) is 43.4 Å². The van der Waals surface area contributed by atoms with Crippen molar-refractivity contribution in [1.29, 1.82) is 5.26 Å². The number of thiocarbonyl (C=S) groups is 1. The molecule has 2 fully saturated rings. The molecule has 0 aliphatic carbocycles. The maximum absolute atomic E-state index is 13.5. The van der Waals surface area contributed by atoms with Gasteiger partial charge in [0.1, 0.15) is 27.6 Å². The molecular formula is C28H30FN5O2S2. The van der Waals surface area contributed by atoms with Crippen LogP contribution < -0.4 is 15.4 Å². The number of aromatic nitrogens is 1. The number of anilines is 2. The van der Waals surface area contributed by atoms with Gasteiger partial charge in [0.2, 0.25) is 0 Å². The van der Waals surface area contributed by atoms with Gasteiger partial charge in [-0.05, 0) is 49.2 Å². The molecule has 2 saturated heterocycles. The average Bonchev–Trinajstić information content (AvgIpc) is 3.18. The quantitative estimate of drug-likeness (QED) is 0.268. The minimum Gasteiger partial charge on any atom is -0.368 e. The molecule has 0 N–H and O–H groups in total. The summed E-state index contributed by atoms with van der Waals surface area (Å²) in [5.41, 5.74) is 1.95. The van der Waals surface area contributed by atoms with E-state index in [4.69, 9.17) is 12.2 Å². The first kappa shape index (κ1) is 27.6. The van der Waals surface area contributed by atoms with Crippen molar-refractivity contribution in [2.75, 3.05) is 42.5 Å². The second-order valence-corrected chi connectivity index (χ2v) is 10.9. The van der Waals surface area contributed by atoms with E-state index in [0.29, 0.717) is 65.4 Å². The molecule has 2 aliphatic rings. The summed E-state index contributed by atoms with van der Waals surface area (Å²) >= 11 is 6.63. The Bertz CT molecular complexity index is 1390. The van der Waals surface area contributed by atoms with Gasteiger partial charge in [0.25, 0.3) is 11.5 Å². The number of carbonyl (C=O) groups is 1. The number of thioether (sulfide) groups is 1. The molecule has 1 aromatic carbocycles. The number of pyridine rings is 1. The molecule has 2 aromatic rings. The van der Waals surface area contributed by atoms with Crippen LogP contribution in [0.3, 0.4) is 0 Å². The van der Waals surface area contributed by atoms with E-state index in [0.717, 1.165) is 18.5 Å². The summed E-state index contributed by atoms with van der Waals surface area (Å²) in [6.45, 7) is 10.9. The van der Waals surface area contributed by atoms with Crippen LogP contribution in [0.5, 0.6) is 0 Å². The summed E-state index contributed by atoms with van der Waals surface area (Å²) in [6, 6.07) is 8.54. The van der Waals surface area contributed by atoms with Gasteiger partial charge >= 0.3 is 0 Å². The minimum absolute atomic E-state index is 0.0858. The number of nitriles is 1. The lowest BCUT2D eigenvalue weighted by atomic mass is 10.0. The van der Waals surface area contributed by atoms with Gasteiger partial charge in [-0.2, -0.15) is 5.26 Å². The molecule has 7 nitrogen and oxygen atoms in total. The number of amides is 1. The number of nitrogens with zero attached hydrogens (tertiary/aromatic N) is 5. The van der Waals surface area contributed by atoms with Gasteiger partial charge in [0.15, 0.2) is 0 Å². The Labute approximate surface area is 231 Å². The molecule has 38 heavy (non-hydrogen) atoms. The van der Waals surface area contributed by atoms with Gasteiger partial charge < -0.3 is 9.80 Å². The van der Waals surface area contributed by atoms with E-state index in [1.807, 2.05) is 0 Å². The number of hydrogen-bond donors (Lipinski definition) is 0. The van der Waals surface area contributed by atoms with E-state index in [1.54, 1.807) is 35.8 Å². The summed E-state index contributed by atoms with van der Waals surface area (Å²) < 4.78 is 15.6. The van der Waals surface area contributed by atoms with E-state index < -0.39 is 0 Å². The number of hydrogen-bond acceptors (Lipinski definition) is 7. The Morgan fingerprint density at radius 3 is 2.42 bits per heavy atom. The summed E-state index contributed by atoms with van der Waals surface area (Å²) in [5, 5.41) is 9.88. The van der Waals surface area contributed by atoms with E-state index in [-0.39, 0.29) is 22.8 Å². The molecule has 0 bridgehead atoms. The molecule has 1 amide bonds. The van der Waals surface area contributed by atoms with E-state index in [2.05, 4.69) is 29.4 Å². The molecule has 10 heteroatoms. The fourth-order valence-corrected chi connectivity index (χ4v) is 6.01. The van der Waals surface area contributed by atoms with Crippen LogP contribution in [0.25, 0.3) is 6.08 Å². The van der Waals surface area contributed by atoms with Crippen LogP contribution >= 0.6 is 24.0 Å². The highest BCUT2D eigenvalue weighted by molar-refractivity contribution is 8.26. The summed E-state index contributed by atoms with van der Waals surface area (Å²) in [4.78, 5) is 32.9. The average molecular weight is 552 g/mol. The van der Waals surface area contributed by atoms with Crippen LogP contribution in [-0.2, 0) is 11.3 Å². The van der Waals surface area contributed by atoms with Crippen molar-refractivity contribution in [2.24, 2.45) is 0 Å². The fraction of sp³-hybridized carbons (Fsp3) is 0.357. The van der Waals surface area contributed by atoms with Crippen molar-refractivity contribution >= 4 is 51.8 Å². The number of unbranched alkanes of at least 4 members (excludes halogenated alkanes) is 1. The van der Waals surface area contributed by atoms with Crippen LogP contribution in [0.1, 0.15) is 36.5 Å². The first-order valence-corrected chi connectivity index (χ1v) is 13.8. The van der Waals surface area contributed by atoms with E-state index in [9.17, 15) is 19.2 Å². The van der Waals surface area contributed by atoms with Crippen LogP contribution in [0, 0.1) is 24.1 Å². The van der Waals surface area contributed by atoms with Gasteiger partial charge in [-0.25, -0.2) is 4.39 Å². The zero-order valence-electron chi connectivity index (χ0n) is 21.6. The maximum Gasteiger partial charge on any atom is 0.270 e. The first-order valence-electron chi connectivity index (χ1n) is 12.6. The van der Waals surface area contributed by atoms with Crippen LogP contribution in [0.15, 0.2) is 46.6 Å². The molecular weight excluding hydrogens is 521 g/mol. The predicted octanol–water partition coefficient (Wildman–Crippen LogP) is 4.68. The zero-order valence-corrected chi connectivity index (χ0v) is 23.2. The van der Waals surface area contributed by atoms with Crippen LogP contribution in [-0.4, -0.2) is 52.4 Å². The molecule has 3 heterocycles. The molecule has 0 unspecified atom stereocenters. The number of benzene rings is 1. The number of piperazine rings is 1. The van der Waals surface area contributed by atoms with E-state index in [1.165, 1.54) is 28.8 Å². The van der Waals surface area contributed by atoms with Crippen molar-refractivity contribution in [1.82, 2.24) is 9.47 Å². The third kappa shape index (κ3) is 5.40.